The van der Waals surface area contributed by atoms with Crippen molar-refractivity contribution >= 4 is 49.7 Å². The molecule has 174 valence electrons. The van der Waals surface area contributed by atoms with E-state index in [-0.39, 0.29) is 5.91 Å². The number of nitrogens with zero attached hydrogens (tertiary/aromatic N) is 2. The van der Waals surface area contributed by atoms with Gasteiger partial charge in [0, 0.05) is 42.8 Å². The first-order chi connectivity index (χ1) is 16.4. The third-order valence-electron chi connectivity index (χ3n) is 4.86. The average Bonchev–Trinajstić information content (AvgIpc) is 3.29. The molecule has 4 aromatic rings. The van der Waals surface area contributed by atoms with E-state index in [1.165, 1.54) is 0 Å². The first kappa shape index (κ1) is 25.1. The third-order valence-corrected chi connectivity index (χ3v) is 5.57. The van der Waals surface area contributed by atoms with Crippen LogP contribution in [0, 0.1) is 0 Å². The molecule has 9 heteroatoms. The molecule has 0 saturated heterocycles. The molecule has 0 aliphatic heterocycles. The molecule has 2 aromatic heterocycles. The topological polar surface area (TPSA) is 99.8 Å². The van der Waals surface area contributed by atoms with E-state index >= 15 is 0 Å². The second-order valence-electron chi connectivity index (χ2n) is 7.17. The summed E-state index contributed by atoms with van der Waals surface area (Å²) in [6.07, 6.45) is 4.83. The van der Waals surface area contributed by atoms with Gasteiger partial charge in [0.05, 0.1) is 16.3 Å². The fourth-order valence-corrected chi connectivity index (χ4v) is 3.44. The van der Waals surface area contributed by atoms with Gasteiger partial charge in [0.25, 0.3) is 5.91 Å². The van der Waals surface area contributed by atoms with E-state index in [4.69, 9.17) is 11.6 Å². The summed E-state index contributed by atoms with van der Waals surface area (Å²) in [6, 6.07) is 16.5. The number of aromatic amines is 1. The van der Waals surface area contributed by atoms with Crippen molar-refractivity contribution in [2.45, 2.75) is 13.3 Å². The van der Waals surface area contributed by atoms with Crippen LogP contribution in [0.15, 0.2) is 67.0 Å². The van der Waals surface area contributed by atoms with E-state index in [0.717, 1.165) is 40.8 Å². The zero-order valence-electron chi connectivity index (χ0n) is 18.8. The Bertz CT molecular complexity index is 1260. The predicted molar refractivity (Wildman–Crippen MR) is 141 cm³/mol. The monoisotopic (exact) mass is 493 g/mol. The van der Waals surface area contributed by atoms with E-state index < -0.39 is 0 Å². The highest BCUT2D eigenvalue weighted by Gasteiger charge is 2.12. The van der Waals surface area contributed by atoms with Crippen molar-refractivity contribution in [1.82, 2.24) is 15.0 Å². The average molecular weight is 494 g/mol. The summed E-state index contributed by atoms with van der Waals surface area (Å²) >= 11 is 6.01. The number of rotatable bonds is 6. The van der Waals surface area contributed by atoms with Gasteiger partial charge in [-0.2, -0.15) is 0 Å². The lowest BCUT2D eigenvalue weighted by Crippen LogP contribution is -2.12. The number of nitrogens with one attached hydrogen (secondary N) is 3. The van der Waals surface area contributed by atoms with Crippen LogP contribution in [0.3, 0.4) is 0 Å². The SMILES string of the molecule is CCc1nc(-c2ccc(P)cc2)c(C=O)[nH]1.CNc1ccc(Cl)c(C(=O)Nc2ccncc2)c1. The van der Waals surface area contributed by atoms with Crippen molar-refractivity contribution in [2.24, 2.45) is 0 Å². The smallest absolute Gasteiger partial charge is 0.257 e. The maximum atomic E-state index is 12.1. The fraction of sp³-hybridized carbons (Fsp3) is 0.120. The van der Waals surface area contributed by atoms with Crippen molar-refractivity contribution in [3.05, 3.63) is 89.1 Å². The highest BCUT2D eigenvalue weighted by Crippen LogP contribution is 2.22. The van der Waals surface area contributed by atoms with Crippen LogP contribution in [0.1, 0.15) is 33.6 Å². The number of benzene rings is 2. The Kier molecular flexibility index (Phi) is 8.91. The zero-order chi connectivity index (χ0) is 24.5. The lowest BCUT2D eigenvalue weighted by atomic mass is 10.1. The second kappa shape index (κ2) is 12.1. The summed E-state index contributed by atoms with van der Waals surface area (Å²) in [4.78, 5) is 34.3. The summed E-state index contributed by atoms with van der Waals surface area (Å²) < 4.78 is 0. The second-order valence-corrected chi connectivity index (χ2v) is 8.25. The number of amides is 1. The number of anilines is 2. The number of hydrogen-bond donors (Lipinski definition) is 3. The maximum absolute atomic E-state index is 12.1. The number of hydrogen-bond acceptors (Lipinski definition) is 5. The first-order valence-electron chi connectivity index (χ1n) is 10.5. The van der Waals surface area contributed by atoms with Crippen LogP contribution < -0.4 is 15.9 Å². The van der Waals surface area contributed by atoms with E-state index in [1.54, 1.807) is 43.7 Å². The summed E-state index contributed by atoms with van der Waals surface area (Å²) in [7, 11) is 4.42. The standard InChI is InChI=1S/C13H12ClN3O.C12H13N2OP/c1-15-10-2-3-12(14)11(8-10)13(18)17-9-4-6-16-7-5-9;1-2-11-13-10(7-15)12(14-11)8-3-5-9(16)6-4-8/h2-8,15H,1H3,(H,16,17,18);3-7H,2,16H2,1H3,(H,13,14). The minimum Gasteiger partial charge on any atom is -0.388 e. The highest BCUT2D eigenvalue weighted by molar-refractivity contribution is 7.27. The number of H-pyrrole nitrogens is 1. The van der Waals surface area contributed by atoms with Gasteiger partial charge in [-0.1, -0.05) is 42.8 Å². The lowest BCUT2D eigenvalue weighted by Gasteiger charge is -2.08. The van der Waals surface area contributed by atoms with Gasteiger partial charge in [0.2, 0.25) is 0 Å². The van der Waals surface area contributed by atoms with Crippen LogP contribution in [0.5, 0.6) is 0 Å². The van der Waals surface area contributed by atoms with Crippen molar-refractivity contribution in [3.63, 3.8) is 0 Å². The number of carbonyl (C=O) groups excluding carboxylic acids is 2. The molecule has 2 heterocycles. The Balaban J connectivity index is 0.000000192. The van der Waals surface area contributed by atoms with Gasteiger partial charge in [-0.15, -0.1) is 9.24 Å². The number of aromatic nitrogens is 3. The van der Waals surface area contributed by atoms with Crippen molar-refractivity contribution in [1.29, 1.82) is 0 Å². The van der Waals surface area contributed by atoms with Crippen molar-refractivity contribution in [2.75, 3.05) is 17.7 Å². The zero-order valence-corrected chi connectivity index (χ0v) is 20.7. The van der Waals surface area contributed by atoms with Crippen molar-refractivity contribution in [3.8, 4) is 11.3 Å². The summed E-state index contributed by atoms with van der Waals surface area (Å²) in [5, 5.41) is 7.25. The van der Waals surface area contributed by atoms with Crippen LogP contribution in [0.4, 0.5) is 11.4 Å². The van der Waals surface area contributed by atoms with E-state index in [2.05, 4.69) is 34.8 Å². The molecule has 34 heavy (non-hydrogen) atoms. The molecule has 0 aliphatic carbocycles. The van der Waals surface area contributed by atoms with Gasteiger partial charge in [-0.25, -0.2) is 4.98 Å². The molecule has 0 radical (unpaired) electrons. The Hall–Kier alpha value is -3.54. The first-order valence-corrected chi connectivity index (χ1v) is 11.5. The molecule has 0 fully saturated rings. The van der Waals surface area contributed by atoms with Gasteiger partial charge in [0.1, 0.15) is 11.5 Å². The number of halogens is 1. The molecular weight excluding hydrogens is 469 g/mol. The molecular formula is C25H25ClN5O2P. The molecule has 1 unspecified atom stereocenters. The number of imidazole rings is 1. The van der Waals surface area contributed by atoms with Crippen LogP contribution >= 0.6 is 20.8 Å². The third kappa shape index (κ3) is 6.50. The number of carbonyl (C=O) groups is 2. The summed E-state index contributed by atoms with van der Waals surface area (Å²) in [6.45, 7) is 2.00. The van der Waals surface area contributed by atoms with Gasteiger partial charge < -0.3 is 15.6 Å². The minimum atomic E-state index is -0.247. The normalized spacial score (nSPS) is 10.1. The summed E-state index contributed by atoms with van der Waals surface area (Å²) in [5.74, 6) is 0.593. The molecule has 7 nitrogen and oxygen atoms in total. The number of aryl methyl sites for hydroxylation is 1. The fourth-order valence-electron chi connectivity index (χ4n) is 3.04. The molecule has 2 aromatic carbocycles. The minimum absolute atomic E-state index is 0.247. The Morgan fingerprint density at radius 3 is 2.41 bits per heavy atom. The molecule has 1 amide bonds. The van der Waals surface area contributed by atoms with Gasteiger partial charge >= 0.3 is 0 Å². The number of pyridine rings is 1. The van der Waals surface area contributed by atoms with Crippen LogP contribution in [-0.4, -0.2) is 34.2 Å². The lowest BCUT2D eigenvalue weighted by molar-refractivity contribution is 0.102. The predicted octanol–water partition coefficient (Wildman–Crippen LogP) is 4.98. The number of aldehydes is 1. The maximum Gasteiger partial charge on any atom is 0.257 e. The summed E-state index contributed by atoms with van der Waals surface area (Å²) in [5.41, 5.74) is 4.19. The molecule has 0 spiro atoms. The Morgan fingerprint density at radius 1 is 1.09 bits per heavy atom. The van der Waals surface area contributed by atoms with E-state index in [9.17, 15) is 9.59 Å². The molecule has 0 bridgehead atoms. The molecule has 0 aliphatic rings. The van der Waals surface area contributed by atoms with Crippen molar-refractivity contribution < 1.29 is 9.59 Å². The molecule has 3 N–H and O–H groups in total. The van der Waals surface area contributed by atoms with Gasteiger partial charge in [-0.05, 0) is 35.6 Å². The van der Waals surface area contributed by atoms with Crippen LogP contribution in [-0.2, 0) is 6.42 Å². The molecule has 0 saturated carbocycles. The largest absolute Gasteiger partial charge is 0.388 e. The molecule has 1 atom stereocenters. The van der Waals surface area contributed by atoms with Gasteiger partial charge in [0.15, 0.2) is 6.29 Å². The highest BCUT2D eigenvalue weighted by atomic mass is 35.5. The quantitative estimate of drug-likeness (QED) is 0.260. The van der Waals surface area contributed by atoms with E-state index in [0.29, 0.717) is 22.0 Å². The van der Waals surface area contributed by atoms with Crippen LogP contribution in [0.2, 0.25) is 5.02 Å². The Labute approximate surface area is 205 Å². The van der Waals surface area contributed by atoms with E-state index in [1.807, 2.05) is 37.3 Å². The van der Waals surface area contributed by atoms with Gasteiger partial charge in [-0.3, -0.25) is 14.6 Å². The molecule has 4 rings (SSSR count). The van der Waals surface area contributed by atoms with Crippen LogP contribution in [0.25, 0.3) is 11.3 Å². The Morgan fingerprint density at radius 2 is 1.79 bits per heavy atom.